The highest BCUT2D eigenvalue weighted by molar-refractivity contribution is 5.91. The highest BCUT2D eigenvalue weighted by Crippen LogP contribution is 2.20. The second-order valence-corrected chi connectivity index (χ2v) is 4.92. The number of rotatable bonds is 6. The van der Waals surface area contributed by atoms with Gasteiger partial charge in [-0.25, -0.2) is 0 Å². The average molecular weight is 287 g/mol. The lowest BCUT2D eigenvalue weighted by Gasteiger charge is -2.06. The van der Waals surface area contributed by atoms with Crippen LogP contribution in [0.3, 0.4) is 0 Å². The first-order chi connectivity index (χ1) is 10.1. The number of H-pyrrole nitrogens is 1. The number of nitrogens with one attached hydrogen (secondary N) is 2. The molecule has 2 rings (SSSR count). The van der Waals surface area contributed by atoms with Crippen LogP contribution in [0.15, 0.2) is 24.3 Å². The molecule has 0 saturated carbocycles. The van der Waals surface area contributed by atoms with Crippen molar-refractivity contribution < 1.29 is 9.53 Å². The molecule has 0 spiro atoms. The van der Waals surface area contributed by atoms with Crippen molar-refractivity contribution in [1.82, 2.24) is 10.2 Å². The Bertz CT molecular complexity index is 602. The van der Waals surface area contributed by atoms with E-state index in [1.54, 1.807) is 7.11 Å². The van der Waals surface area contributed by atoms with E-state index < -0.39 is 0 Å². The number of nitrogens with zero attached hydrogens (tertiary/aromatic N) is 1. The third kappa shape index (κ3) is 3.84. The molecule has 1 amide bonds. The zero-order valence-corrected chi connectivity index (χ0v) is 12.7. The zero-order chi connectivity index (χ0) is 15.2. The van der Waals surface area contributed by atoms with Crippen molar-refractivity contribution in [2.24, 2.45) is 0 Å². The van der Waals surface area contributed by atoms with E-state index in [0.717, 1.165) is 35.7 Å². The lowest BCUT2D eigenvalue weighted by Crippen LogP contribution is -2.11. The lowest BCUT2D eigenvalue weighted by atomic mass is 10.1. The molecule has 0 aliphatic heterocycles. The van der Waals surface area contributed by atoms with Crippen LogP contribution in [-0.4, -0.2) is 23.2 Å². The minimum atomic E-state index is 0.00481. The summed E-state index contributed by atoms with van der Waals surface area (Å²) in [5, 5.41) is 10.1. The van der Waals surface area contributed by atoms with Crippen molar-refractivity contribution in [3.05, 3.63) is 41.2 Å². The van der Waals surface area contributed by atoms with Gasteiger partial charge in [0, 0.05) is 6.42 Å². The van der Waals surface area contributed by atoms with E-state index in [1.807, 2.05) is 38.1 Å². The predicted octanol–water partition coefficient (Wildman–Crippen LogP) is 2.86. The minimum Gasteiger partial charge on any atom is -0.497 e. The number of anilines is 1. The number of carbonyl (C=O) groups excluding carboxylic acids is 1. The summed E-state index contributed by atoms with van der Waals surface area (Å²) in [5.41, 5.74) is 3.81. The highest BCUT2D eigenvalue weighted by Gasteiger charge is 2.12. The SMILES string of the molecule is CCC(=O)Nc1c(CCc2ccc(OC)cc2)n[nH]c1C. The summed E-state index contributed by atoms with van der Waals surface area (Å²) >= 11 is 0. The van der Waals surface area contributed by atoms with E-state index in [-0.39, 0.29) is 5.91 Å². The van der Waals surface area contributed by atoms with Crippen molar-refractivity contribution in [3.8, 4) is 5.75 Å². The van der Waals surface area contributed by atoms with Gasteiger partial charge in [-0.2, -0.15) is 5.10 Å². The monoisotopic (exact) mass is 287 g/mol. The molecule has 0 bridgehead atoms. The molecule has 0 saturated heterocycles. The second kappa shape index (κ2) is 6.92. The van der Waals surface area contributed by atoms with E-state index in [4.69, 9.17) is 4.74 Å². The number of hydrogen-bond donors (Lipinski definition) is 2. The summed E-state index contributed by atoms with van der Waals surface area (Å²) in [6, 6.07) is 7.99. The van der Waals surface area contributed by atoms with Gasteiger partial charge in [-0.05, 0) is 37.5 Å². The lowest BCUT2D eigenvalue weighted by molar-refractivity contribution is -0.115. The van der Waals surface area contributed by atoms with Gasteiger partial charge in [-0.15, -0.1) is 0 Å². The summed E-state index contributed by atoms with van der Waals surface area (Å²) in [6.07, 6.45) is 2.10. The van der Waals surface area contributed by atoms with Crippen LogP contribution in [0.2, 0.25) is 0 Å². The van der Waals surface area contributed by atoms with Crippen molar-refractivity contribution in [3.63, 3.8) is 0 Å². The first kappa shape index (κ1) is 15.1. The number of methoxy groups -OCH3 is 1. The quantitative estimate of drug-likeness (QED) is 0.858. The Hall–Kier alpha value is -2.30. The molecule has 0 unspecified atom stereocenters. The molecule has 1 heterocycles. The number of aromatic amines is 1. The summed E-state index contributed by atoms with van der Waals surface area (Å²) in [7, 11) is 1.66. The fourth-order valence-electron chi connectivity index (χ4n) is 2.11. The van der Waals surface area contributed by atoms with Crippen molar-refractivity contribution >= 4 is 11.6 Å². The van der Waals surface area contributed by atoms with E-state index in [9.17, 15) is 4.79 Å². The molecule has 0 aliphatic carbocycles. The van der Waals surface area contributed by atoms with Gasteiger partial charge in [-0.1, -0.05) is 19.1 Å². The smallest absolute Gasteiger partial charge is 0.224 e. The first-order valence-electron chi connectivity index (χ1n) is 7.10. The number of aromatic nitrogens is 2. The van der Waals surface area contributed by atoms with Gasteiger partial charge >= 0.3 is 0 Å². The third-order valence-electron chi connectivity index (χ3n) is 3.42. The molecular weight excluding hydrogens is 266 g/mol. The van der Waals surface area contributed by atoms with Crippen LogP contribution in [0.5, 0.6) is 5.75 Å². The van der Waals surface area contributed by atoms with Gasteiger partial charge in [0.2, 0.25) is 5.91 Å². The standard InChI is InChI=1S/C16H21N3O2/c1-4-15(20)17-16-11(2)18-19-14(16)10-7-12-5-8-13(21-3)9-6-12/h5-6,8-9H,4,7,10H2,1-3H3,(H,17,20)(H,18,19). The van der Waals surface area contributed by atoms with E-state index >= 15 is 0 Å². The first-order valence-corrected chi connectivity index (χ1v) is 7.10. The topological polar surface area (TPSA) is 67.0 Å². The fourth-order valence-corrected chi connectivity index (χ4v) is 2.11. The Morgan fingerprint density at radius 2 is 2.00 bits per heavy atom. The van der Waals surface area contributed by atoms with Crippen LogP contribution in [-0.2, 0) is 17.6 Å². The van der Waals surface area contributed by atoms with E-state index in [0.29, 0.717) is 6.42 Å². The van der Waals surface area contributed by atoms with E-state index in [1.165, 1.54) is 5.56 Å². The molecule has 1 aromatic heterocycles. The Morgan fingerprint density at radius 1 is 1.29 bits per heavy atom. The summed E-state index contributed by atoms with van der Waals surface area (Å²) in [5.74, 6) is 0.857. The van der Waals surface area contributed by atoms with Crippen LogP contribution in [0.25, 0.3) is 0 Å². The second-order valence-electron chi connectivity index (χ2n) is 4.92. The van der Waals surface area contributed by atoms with Crippen LogP contribution in [0.4, 0.5) is 5.69 Å². The Balaban J connectivity index is 2.03. The molecule has 0 aliphatic rings. The van der Waals surface area contributed by atoms with Gasteiger partial charge in [-0.3, -0.25) is 9.89 Å². The van der Waals surface area contributed by atoms with Gasteiger partial charge in [0.15, 0.2) is 0 Å². The Morgan fingerprint density at radius 3 is 2.62 bits per heavy atom. The molecule has 112 valence electrons. The molecule has 1 aromatic carbocycles. The molecule has 5 heteroatoms. The molecule has 0 fully saturated rings. The van der Waals surface area contributed by atoms with Gasteiger partial charge in [0.1, 0.15) is 5.75 Å². The number of aryl methyl sites for hydroxylation is 3. The summed E-state index contributed by atoms with van der Waals surface area (Å²) in [6.45, 7) is 3.75. The number of ether oxygens (including phenoxy) is 1. The highest BCUT2D eigenvalue weighted by atomic mass is 16.5. The largest absolute Gasteiger partial charge is 0.497 e. The summed E-state index contributed by atoms with van der Waals surface area (Å²) in [4.78, 5) is 11.6. The van der Waals surface area contributed by atoms with Crippen LogP contribution >= 0.6 is 0 Å². The Labute approximate surface area is 124 Å². The van der Waals surface area contributed by atoms with Crippen molar-refractivity contribution in [2.45, 2.75) is 33.1 Å². The number of hydrogen-bond acceptors (Lipinski definition) is 3. The van der Waals surface area contributed by atoms with Crippen LogP contribution in [0, 0.1) is 6.92 Å². The molecule has 2 aromatic rings. The van der Waals surface area contributed by atoms with Crippen molar-refractivity contribution in [1.29, 1.82) is 0 Å². The fraction of sp³-hybridized carbons (Fsp3) is 0.375. The zero-order valence-electron chi connectivity index (χ0n) is 12.7. The van der Waals surface area contributed by atoms with Gasteiger partial charge in [0.05, 0.1) is 24.2 Å². The maximum Gasteiger partial charge on any atom is 0.224 e. The molecular formula is C16H21N3O2. The molecule has 0 radical (unpaired) electrons. The maximum atomic E-state index is 11.6. The summed E-state index contributed by atoms with van der Waals surface area (Å²) < 4.78 is 5.15. The number of carbonyl (C=O) groups is 1. The van der Waals surface area contributed by atoms with Crippen LogP contribution < -0.4 is 10.1 Å². The molecule has 0 atom stereocenters. The average Bonchev–Trinajstić information content (AvgIpc) is 2.86. The van der Waals surface area contributed by atoms with Gasteiger partial charge in [0.25, 0.3) is 0 Å². The third-order valence-corrected chi connectivity index (χ3v) is 3.42. The molecule has 2 N–H and O–H groups in total. The minimum absolute atomic E-state index is 0.00481. The van der Waals surface area contributed by atoms with Crippen molar-refractivity contribution in [2.75, 3.05) is 12.4 Å². The number of benzene rings is 1. The number of amides is 1. The molecule has 5 nitrogen and oxygen atoms in total. The van der Waals surface area contributed by atoms with Gasteiger partial charge < -0.3 is 10.1 Å². The Kier molecular flexibility index (Phi) is 4.98. The predicted molar refractivity (Wildman–Crippen MR) is 82.6 cm³/mol. The molecule has 21 heavy (non-hydrogen) atoms. The maximum absolute atomic E-state index is 11.6. The van der Waals surface area contributed by atoms with Crippen LogP contribution in [0.1, 0.15) is 30.3 Å². The van der Waals surface area contributed by atoms with E-state index in [2.05, 4.69) is 15.5 Å². The normalized spacial score (nSPS) is 10.4.